The Labute approximate surface area is 171 Å². The number of aromatic nitrogens is 3. The molecule has 0 unspecified atom stereocenters. The van der Waals surface area contributed by atoms with E-state index in [4.69, 9.17) is 9.47 Å². The topological polar surface area (TPSA) is 78.3 Å². The van der Waals surface area contributed by atoms with E-state index in [-0.39, 0.29) is 11.7 Å². The molecule has 0 fully saturated rings. The number of thiophene rings is 1. The van der Waals surface area contributed by atoms with Crippen LogP contribution in [-0.4, -0.2) is 39.6 Å². The van der Waals surface area contributed by atoms with Gasteiger partial charge in [-0.1, -0.05) is 17.8 Å². The highest BCUT2D eigenvalue weighted by Gasteiger charge is 2.15. The van der Waals surface area contributed by atoms with Gasteiger partial charge in [-0.25, -0.2) is 0 Å². The molecule has 3 heterocycles. The molecule has 0 saturated carbocycles. The summed E-state index contributed by atoms with van der Waals surface area (Å²) in [5, 5.41) is 14.3. The second-order valence-corrected chi connectivity index (χ2v) is 8.07. The summed E-state index contributed by atoms with van der Waals surface area (Å²) in [5.74, 6) is 2.42. The number of hydrogen-bond donors (Lipinski definition) is 1. The monoisotopic (exact) mass is 416 g/mol. The first-order chi connectivity index (χ1) is 13.7. The number of fused-ring (bicyclic) bond motifs is 1. The maximum atomic E-state index is 12.4. The summed E-state index contributed by atoms with van der Waals surface area (Å²) < 4.78 is 13.1. The fourth-order valence-electron chi connectivity index (χ4n) is 2.89. The van der Waals surface area contributed by atoms with E-state index < -0.39 is 0 Å². The van der Waals surface area contributed by atoms with Crippen molar-refractivity contribution >= 4 is 34.7 Å². The Hall–Kier alpha value is -2.52. The average Bonchev–Trinajstić information content (AvgIpc) is 3.36. The number of nitrogens with zero attached hydrogens (tertiary/aromatic N) is 3. The standard InChI is InChI=1S/C19H20N4O3S2/c1-2-23-17(11-14-4-3-9-27-14)21-22-19(23)28-12-18(24)20-13-5-6-15-16(10-13)26-8-7-25-15/h3-6,9-10H,2,7-8,11-12H2,1H3,(H,20,24). The third-order valence-electron chi connectivity index (χ3n) is 4.18. The van der Waals surface area contributed by atoms with Gasteiger partial charge in [0.1, 0.15) is 19.0 Å². The molecular formula is C19H20N4O3S2. The van der Waals surface area contributed by atoms with E-state index in [0.717, 1.165) is 23.9 Å². The summed E-state index contributed by atoms with van der Waals surface area (Å²) in [7, 11) is 0. The first kappa shape index (κ1) is 18.8. The van der Waals surface area contributed by atoms with E-state index in [2.05, 4.69) is 38.5 Å². The molecule has 0 atom stereocenters. The molecule has 1 N–H and O–H groups in total. The van der Waals surface area contributed by atoms with Crippen molar-refractivity contribution in [1.29, 1.82) is 0 Å². The molecule has 146 valence electrons. The van der Waals surface area contributed by atoms with Crippen LogP contribution >= 0.6 is 23.1 Å². The van der Waals surface area contributed by atoms with Crippen molar-refractivity contribution in [3.63, 3.8) is 0 Å². The summed E-state index contributed by atoms with van der Waals surface area (Å²) in [6.07, 6.45) is 0.752. The van der Waals surface area contributed by atoms with Crippen LogP contribution in [-0.2, 0) is 17.8 Å². The Bertz CT molecular complexity index is 956. The van der Waals surface area contributed by atoms with Crippen LogP contribution in [0, 0.1) is 0 Å². The van der Waals surface area contributed by atoms with Crippen molar-refractivity contribution in [2.45, 2.75) is 25.0 Å². The molecule has 0 spiro atoms. The van der Waals surface area contributed by atoms with Crippen molar-refractivity contribution in [3.8, 4) is 11.5 Å². The molecule has 1 aliphatic rings. The molecule has 1 amide bonds. The van der Waals surface area contributed by atoms with Gasteiger partial charge in [-0.05, 0) is 30.5 Å². The summed E-state index contributed by atoms with van der Waals surface area (Å²) in [6, 6.07) is 9.52. The quantitative estimate of drug-likeness (QED) is 0.595. The molecule has 0 aliphatic carbocycles. The first-order valence-corrected chi connectivity index (χ1v) is 10.9. The summed E-state index contributed by atoms with van der Waals surface area (Å²) in [4.78, 5) is 13.6. The molecule has 28 heavy (non-hydrogen) atoms. The second kappa shape index (κ2) is 8.66. The zero-order valence-corrected chi connectivity index (χ0v) is 17.0. The Morgan fingerprint density at radius 3 is 2.89 bits per heavy atom. The van der Waals surface area contributed by atoms with Crippen LogP contribution < -0.4 is 14.8 Å². The van der Waals surface area contributed by atoms with Gasteiger partial charge in [0.2, 0.25) is 5.91 Å². The van der Waals surface area contributed by atoms with Gasteiger partial charge in [0.25, 0.3) is 0 Å². The molecule has 0 saturated heterocycles. The highest BCUT2D eigenvalue weighted by molar-refractivity contribution is 7.99. The molecule has 4 rings (SSSR count). The number of carbonyl (C=O) groups is 1. The van der Waals surface area contributed by atoms with Crippen LogP contribution in [0.4, 0.5) is 5.69 Å². The molecule has 1 aliphatic heterocycles. The number of rotatable bonds is 7. The van der Waals surface area contributed by atoms with Crippen molar-refractivity contribution in [3.05, 3.63) is 46.4 Å². The molecule has 9 heteroatoms. The van der Waals surface area contributed by atoms with Gasteiger partial charge in [-0.2, -0.15) is 0 Å². The van der Waals surface area contributed by atoms with E-state index in [1.807, 2.05) is 18.2 Å². The van der Waals surface area contributed by atoms with Crippen molar-refractivity contribution in [2.24, 2.45) is 0 Å². The second-order valence-electron chi connectivity index (χ2n) is 6.09. The molecule has 7 nitrogen and oxygen atoms in total. The number of ether oxygens (including phenoxy) is 2. The van der Waals surface area contributed by atoms with Gasteiger partial charge in [0.15, 0.2) is 16.7 Å². The molecule has 2 aromatic heterocycles. The van der Waals surface area contributed by atoms with Gasteiger partial charge < -0.3 is 19.4 Å². The van der Waals surface area contributed by atoms with E-state index in [1.54, 1.807) is 17.4 Å². The van der Waals surface area contributed by atoms with Crippen molar-refractivity contribution in [2.75, 3.05) is 24.3 Å². The minimum absolute atomic E-state index is 0.105. The summed E-state index contributed by atoms with van der Waals surface area (Å²) >= 11 is 3.09. The molecule has 0 bridgehead atoms. The minimum Gasteiger partial charge on any atom is -0.486 e. The zero-order chi connectivity index (χ0) is 19.3. The predicted molar refractivity (Wildman–Crippen MR) is 110 cm³/mol. The lowest BCUT2D eigenvalue weighted by Gasteiger charge is -2.19. The number of nitrogens with one attached hydrogen (secondary N) is 1. The van der Waals surface area contributed by atoms with Gasteiger partial charge in [0, 0.05) is 29.6 Å². The van der Waals surface area contributed by atoms with Gasteiger partial charge in [-0.3, -0.25) is 4.79 Å². The van der Waals surface area contributed by atoms with Crippen LogP contribution in [0.5, 0.6) is 11.5 Å². The third-order valence-corrected chi connectivity index (χ3v) is 6.02. The maximum Gasteiger partial charge on any atom is 0.234 e. The predicted octanol–water partition coefficient (Wildman–Crippen LogP) is 3.45. The lowest BCUT2D eigenvalue weighted by molar-refractivity contribution is -0.113. The Morgan fingerprint density at radius 1 is 1.25 bits per heavy atom. The Morgan fingerprint density at radius 2 is 2.11 bits per heavy atom. The number of benzene rings is 1. The number of thioether (sulfide) groups is 1. The zero-order valence-electron chi connectivity index (χ0n) is 15.4. The lowest BCUT2D eigenvalue weighted by atomic mass is 10.2. The van der Waals surface area contributed by atoms with Crippen LogP contribution in [0.1, 0.15) is 17.6 Å². The Balaban J connectivity index is 1.36. The van der Waals surface area contributed by atoms with Gasteiger partial charge >= 0.3 is 0 Å². The molecular weight excluding hydrogens is 396 g/mol. The van der Waals surface area contributed by atoms with Crippen LogP contribution in [0.3, 0.4) is 0 Å². The smallest absolute Gasteiger partial charge is 0.234 e. The third kappa shape index (κ3) is 4.31. The number of amides is 1. The number of carbonyl (C=O) groups excluding carboxylic acids is 1. The maximum absolute atomic E-state index is 12.4. The summed E-state index contributed by atoms with van der Waals surface area (Å²) in [6.45, 7) is 3.88. The van der Waals surface area contributed by atoms with E-state index >= 15 is 0 Å². The molecule has 1 aromatic carbocycles. The Kier molecular flexibility index (Phi) is 5.82. The van der Waals surface area contributed by atoms with Crippen molar-refractivity contribution < 1.29 is 14.3 Å². The van der Waals surface area contributed by atoms with E-state index in [9.17, 15) is 4.79 Å². The van der Waals surface area contributed by atoms with Crippen LogP contribution in [0.2, 0.25) is 0 Å². The number of hydrogen-bond acceptors (Lipinski definition) is 7. The average molecular weight is 417 g/mol. The first-order valence-electron chi connectivity index (χ1n) is 8.99. The highest BCUT2D eigenvalue weighted by atomic mass is 32.2. The molecule has 3 aromatic rings. The van der Waals surface area contributed by atoms with Gasteiger partial charge in [-0.15, -0.1) is 21.5 Å². The van der Waals surface area contributed by atoms with E-state index in [1.165, 1.54) is 16.6 Å². The van der Waals surface area contributed by atoms with Crippen molar-refractivity contribution in [1.82, 2.24) is 14.8 Å². The minimum atomic E-state index is -0.105. The fraction of sp³-hybridized carbons (Fsp3) is 0.316. The lowest BCUT2D eigenvalue weighted by Crippen LogP contribution is -2.17. The summed E-state index contributed by atoms with van der Waals surface area (Å²) in [5.41, 5.74) is 0.685. The van der Waals surface area contributed by atoms with Crippen LogP contribution in [0.25, 0.3) is 0 Å². The number of anilines is 1. The molecule has 0 radical (unpaired) electrons. The van der Waals surface area contributed by atoms with Gasteiger partial charge in [0.05, 0.1) is 5.75 Å². The normalized spacial score (nSPS) is 12.8. The largest absolute Gasteiger partial charge is 0.486 e. The SMILES string of the molecule is CCn1c(Cc2cccs2)nnc1SCC(=O)Nc1ccc2c(c1)OCCO2. The fourth-order valence-corrected chi connectivity index (χ4v) is 4.41. The van der Waals surface area contributed by atoms with E-state index in [0.29, 0.717) is 30.4 Å². The highest BCUT2D eigenvalue weighted by Crippen LogP contribution is 2.32. The van der Waals surface area contributed by atoms with Crippen LogP contribution in [0.15, 0.2) is 40.9 Å².